The number of aromatic nitrogens is 2. The highest BCUT2D eigenvalue weighted by atomic mass is 16.5. The van der Waals surface area contributed by atoms with Crippen LogP contribution in [0, 0.1) is 20.8 Å². The summed E-state index contributed by atoms with van der Waals surface area (Å²) in [5.41, 5.74) is 6.60. The van der Waals surface area contributed by atoms with Gasteiger partial charge in [-0.15, -0.1) is 0 Å². The third-order valence-corrected chi connectivity index (χ3v) is 4.37. The maximum atomic E-state index is 12.5. The number of ether oxygens (including phenoxy) is 1. The van der Waals surface area contributed by atoms with Gasteiger partial charge in [-0.2, -0.15) is 5.10 Å². The lowest BCUT2D eigenvalue weighted by atomic mass is 10.0. The fraction of sp³-hybridized carbons (Fsp3) is 0.238. The van der Waals surface area contributed by atoms with E-state index in [2.05, 4.69) is 41.5 Å². The molecule has 5 nitrogen and oxygen atoms in total. The highest BCUT2D eigenvalue weighted by Gasteiger charge is 2.16. The molecule has 26 heavy (non-hydrogen) atoms. The summed E-state index contributed by atoms with van der Waals surface area (Å²) in [6.07, 6.45) is 0.293. The number of H-pyrrole nitrogens is 1. The lowest BCUT2D eigenvalue weighted by molar-refractivity contribution is -0.115. The predicted octanol–water partition coefficient (Wildman–Crippen LogP) is 4.19. The van der Waals surface area contributed by atoms with Crippen LogP contribution in [0.4, 0.5) is 5.69 Å². The lowest BCUT2D eigenvalue weighted by Gasteiger charge is -2.10. The van der Waals surface area contributed by atoms with Gasteiger partial charge in [0.05, 0.1) is 24.9 Å². The quantitative estimate of drug-likeness (QED) is 0.726. The van der Waals surface area contributed by atoms with Gasteiger partial charge in [-0.25, -0.2) is 0 Å². The molecule has 134 valence electrons. The topological polar surface area (TPSA) is 67.0 Å². The summed E-state index contributed by atoms with van der Waals surface area (Å²) in [4.78, 5) is 12.5. The Morgan fingerprint density at radius 2 is 1.85 bits per heavy atom. The van der Waals surface area contributed by atoms with E-state index >= 15 is 0 Å². The number of rotatable bonds is 5. The standard InChI is InChI=1S/C21H23N3O2/c1-13-5-10-18(14(2)11-13)21-20(15(3)23-24-21)22-19(25)12-16-6-8-17(26-4)9-7-16/h5-11H,12H2,1-4H3,(H,22,25)(H,23,24). The van der Waals surface area contributed by atoms with Crippen molar-refractivity contribution in [2.24, 2.45) is 0 Å². The minimum absolute atomic E-state index is 0.0781. The average Bonchev–Trinajstić information content (AvgIpc) is 2.96. The molecule has 1 heterocycles. The van der Waals surface area contributed by atoms with E-state index in [4.69, 9.17) is 4.74 Å². The van der Waals surface area contributed by atoms with Gasteiger partial charge in [0.1, 0.15) is 11.4 Å². The van der Waals surface area contributed by atoms with Crippen molar-refractivity contribution >= 4 is 11.6 Å². The van der Waals surface area contributed by atoms with Gasteiger partial charge in [0.2, 0.25) is 5.91 Å². The minimum Gasteiger partial charge on any atom is -0.497 e. The van der Waals surface area contributed by atoms with E-state index < -0.39 is 0 Å². The molecule has 0 atom stereocenters. The van der Waals surface area contributed by atoms with Crippen LogP contribution in [0.25, 0.3) is 11.3 Å². The van der Waals surface area contributed by atoms with Crippen molar-refractivity contribution in [2.75, 3.05) is 12.4 Å². The van der Waals surface area contributed by atoms with Gasteiger partial charge in [-0.3, -0.25) is 9.89 Å². The number of hydrogen-bond acceptors (Lipinski definition) is 3. The van der Waals surface area contributed by atoms with Crippen LogP contribution in [0.5, 0.6) is 5.75 Å². The molecule has 0 bridgehead atoms. The molecule has 5 heteroatoms. The number of amides is 1. The number of hydrogen-bond donors (Lipinski definition) is 2. The zero-order valence-corrected chi connectivity index (χ0v) is 15.5. The summed E-state index contributed by atoms with van der Waals surface area (Å²) in [5, 5.41) is 10.4. The van der Waals surface area contributed by atoms with Crippen LogP contribution in [0.3, 0.4) is 0 Å². The van der Waals surface area contributed by atoms with Crippen LogP contribution in [0.1, 0.15) is 22.4 Å². The van der Waals surface area contributed by atoms with Crippen LogP contribution in [0.2, 0.25) is 0 Å². The summed E-state index contributed by atoms with van der Waals surface area (Å²) in [6.45, 7) is 6.02. The Hall–Kier alpha value is -3.08. The molecule has 2 aromatic carbocycles. The second-order valence-electron chi connectivity index (χ2n) is 6.46. The monoisotopic (exact) mass is 349 g/mol. The molecule has 0 aliphatic heterocycles. The highest BCUT2D eigenvalue weighted by Crippen LogP contribution is 2.31. The number of carbonyl (C=O) groups is 1. The summed E-state index contributed by atoms with van der Waals surface area (Å²) in [5.74, 6) is 0.697. The molecule has 0 saturated carbocycles. The molecule has 0 saturated heterocycles. The van der Waals surface area contributed by atoms with Crippen LogP contribution < -0.4 is 10.1 Å². The van der Waals surface area contributed by atoms with Crippen molar-refractivity contribution in [1.29, 1.82) is 0 Å². The fourth-order valence-electron chi connectivity index (χ4n) is 2.97. The first-order chi connectivity index (χ1) is 12.5. The largest absolute Gasteiger partial charge is 0.497 e. The number of nitrogens with zero attached hydrogens (tertiary/aromatic N) is 1. The van der Waals surface area contributed by atoms with Gasteiger partial charge in [-0.05, 0) is 44.0 Å². The zero-order chi connectivity index (χ0) is 18.7. The van der Waals surface area contributed by atoms with Crippen molar-refractivity contribution in [2.45, 2.75) is 27.2 Å². The first-order valence-corrected chi connectivity index (χ1v) is 8.53. The molecule has 1 aromatic heterocycles. The van der Waals surface area contributed by atoms with E-state index in [1.54, 1.807) is 7.11 Å². The normalized spacial score (nSPS) is 10.6. The summed E-state index contributed by atoms with van der Waals surface area (Å²) in [6, 6.07) is 13.7. The Morgan fingerprint density at radius 1 is 1.12 bits per heavy atom. The molecular formula is C21H23N3O2. The predicted molar refractivity (Wildman–Crippen MR) is 104 cm³/mol. The number of benzene rings is 2. The molecule has 0 radical (unpaired) electrons. The number of anilines is 1. The first kappa shape index (κ1) is 17.7. The lowest BCUT2D eigenvalue weighted by Crippen LogP contribution is -2.15. The molecule has 0 unspecified atom stereocenters. The molecule has 0 spiro atoms. The van der Waals surface area contributed by atoms with E-state index in [0.717, 1.165) is 39.5 Å². The van der Waals surface area contributed by atoms with Gasteiger partial charge in [-0.1, -0.05) is 35.9 Å². The summed E-state index contributed by atoms with van der Waals surface area (Å²) < 4.78 is 5.15. The van der Waals surface area contributed by atoms with Gasteiger partial charge < -0.3 is 10.1 Å². The van der Waals surface area contributed by atoms with Crippen LogP contribution in [-0.4, -0.2) is 23.2 Å². The Bertz CT molecular complexity index is 927. The maximum Gasteiger partial charge on any atom is 0.228 e. The Morgan fingerprint density at radius 3 is 2.50 bits per heavy atom. The number of aromatic amines is 1. The van der Waals surface area contributed by atoms with Crippen molar-refractivity contribution in [3.63, 3.8) is 0 Å². The van der Waals surface area contributed by atoms with Crippen LogP contribution in [-0.2, 0) is 11.2 Å². The molecule has 3 aromatic rings. The second kappa shape index (κ2) is 7.44. The van der Waals surface area contributed by atoms with Crippen LogP contribution >= 0.6 is 0 Å². The second-order valence-corrected chi connectivity index (χ2v) is 6.46. The van der Waals surface area contributed by atoms with Gasteiger partial charge >= 0.3 is 0 Å². The Balaban J connectivity index is 1.81. The molecule has 0 fully saturated rings. The minimum atomic E-state index is -0.0781. The van der Waals surface area contributed by atoms with Crippen molar-refractivity contribution in [3.8, 4) is 17.0 Å². The molecule has 0 aliphatic rings. The molecule has 3 rings (SSSR count). The number of nitrogens with one attached hydrogen (secondary N) is 2. The Labute approximate surface area is 153 Å². The molecule has 2 N–H and O–H groups in total. The average molecular weight is 349 g/mol. The zero-order valence-electron chi connectivity index (χ0n) is 15.5. The molecule has 1 amide bonds. The van der Waals surface area contributed by atoms with Gasteiger partial charge in [0.25, 0.3) is 0 Å². The summed E-state index contributed by atoms with van der Waals surface area (Å²) in [7, 11) is 1.62. The number of aryl methyl sites for hydroxylation is 3. The van der Waals surface area contributed by atoms with Crippen molar-refractivity contribution in [3.05, 3.63) is 64.8 Å². The number of carbonyl (C=O) groups excluding carboxylic acids is 1. The SMILES string of the molecule is COc1ccc(CC(=O)Nc2c(-c3ccc(C)cc3C)n[nH]c2C)cc1. The maximum absolute atomic E-state index is 12.5. The van der Waals surface area contributed by atoms with Crippen molar-refractivity contribution in [1.82, 2.24) is 10.2 Å². The van der Waals surface area contributed by atoms with Crippen molar-refractivity contribution < 1.29 is 9.53 Å². The third-order valence-electron chi connectivity index (χ3n) is 4.37. The highest BCUT2D eigenvalue weighted by molar-refractivity contribution is 5.96. The smallest absolute Gasteiger partial charge is 0.228 e. The molecule has 0 aliphatic carbocycles. The van der Waals surface area contributed by atoms with Gasteiger partial charge in [0, 0.05) is 5.56 Å². The third kappa shape index (κ3) is 3.77. The van der Waals surface area contributed by atoms with E-state index in [1.807, 2.05) is 37.3 Å². The van der Waals surface area contributed by atoms with E-state index in [-0.39, 0.29) is 5.91 Å². The Kier molecular flexibility index (Phi) is 5.07. The summed E-state index contributed by atoms with van der Waals surface area (Å²) >= 11 is 0. The fourth-order valence-corrected chi connectivity index (χ4v) is 2.97. The number of methoxy groups -OCH3 is 1. The van der Waals surface area contributed by atoms with E-state index in [1.165, 1.54) is 5.56 Å². The van der Waals surface area contributed by atoms with E-state index in [9.17, 15) is 4.79 Å². The van der Waals surface area contributed by atoms with Gasteiger partial charge in [0.15, 0.2) is 0 Å². The molecular weight excluding hydrogens is 326 g/mol. The van der Waals surface area contributed by atoms with E-state index in [0.29, 0.717) is 6.42 Å². The first-order valence-electron chi connectivity index (χ1n) is 8.53. The van der Waals surface area contributed by atoms with Crippen LogP contribution in [0.15, 0.2) is 42.5 Å².